The van der Waals surface area contributed by atoms with E-state index in [2.05, 4.69) is 20.0 Å². The number of anilines is 1. The average Bonchev–Trinajstić information content (AvgIpc) is 3.10. The number of hydrogen-bond acceptors (Lipinski definition) is 7. The Bertz CT molecular complexity index is 961. The van der Waals surface area contributed by atoms with Crippen LogP contribution < -0.4 is 15.1 Å². The summed E-state index contributed by atoms with van der Waals surface area (Å²) in [7, 11) is 7.50. The molecular formula is C17H16BN5O3. The fourth-order valence-corrected chi connectivity index (χ4v) is 3.15. The summed E-state index contributed by atoms with van der Waals surface area (Å²) in [5, 5.41) is 4.13. The first kappa shape index (κ1) is 16.5. The number of fused-ring (bicyclic) bond motifs is 1. The van der Waals surface area contributed by atoms with Gasteiger partial charge in [-0.05, 0) is 6.07 Å². The third-order valence-electron chi connectivity index (χ3n) is 4.38. The van der Waals surface area contributed by atoms with Crippen LogP contribution >= 0.6 is 0 Å². The van der Waals surface area contributed by atoms with Crippen LogP contribution in [0.3, 0.4) is 0 Å². The molecule has 1 fully saturated rings. The van der Waals surface area contributed by atoms with Gasteiger partial charge in [0.05, 0.1) is 38.1 Å². The zero-order valence-electron chi connectivity index (χ0n) is 14.2. The highest BCUT2D eigenvalue weighted by atomic mass is 16.5. The molecule has 1 saturated heterocycles. The minimum absolute atomic E-state index is 0.160. The first-order valence-electron chi connectivity index (χ1n) is 8.14. The summed E-state index contributed by atoms with van der Waals surface area (Å²) in [4.78, 5) is 22.2. The van der Waals surface area contributed by atoms with Gasteiger partial charge < -0.3 is 14.4 Å². The molecule has 0 aromatic carbocycles. The molecule has 0 spiro atoms. The van der Waals surface area contributed by atoms with Crippen molar-refractivity contribution in [2.24, 2.45) is 0 Å². The highest BCUT2D eigenvalue weighted by Gasteiger charge is 2.29. The number of morpholine rings is 1. The summed E-state index contributed by atoms with van der Waals surface area (Å²) in [5.74, 6) is 1.22. The van der Waals surface area contributed by atoms with Crippen LogP contribution in [0.1, 0.15) is 22.0 Å². The summed E-state index contributed by atoms with van der Waals surface area (Å²) in [6, 6.07) is 3.54. The number of methoxy groups -OCH3 is 1. The summed E-state index contributed by atoms with van der Waals surface area (Å²) in [6.07, 6.45) is 5.59. The van der Waals surface area contributed by atoms with Crippen molar-refractivity contribution in [2.45, 2.75) is 6.04 Å². The normalized spacial score (nSPS) is 17.4. The van der Waals surface area contributed by atoms with Crippen molar-refractivity contribution in [1.82, 2.24) is 19.6 Å². The number of nitrogens with zero attached hydrogens (tertiary/aromatic N) is 5. The minimum Gasteiger partial charge on any atom is -0.481 e. The Labute approximate surface area is 151 Å². The lowest BCUT2D eigenvalue weighted by Gasteiger charge is -2.37. The van der Waals surface area contributed by atoms with Crippen LogP contribution in [-0.4, -0.2) is 60.6 Å². The second-order valence-corrected chi connectivity index (χ2v) is 5.92. The van der Waals surface area contributed by atoms with Crippen molar-refractivity contribution in [3.8, 4) is 5.88 Å². The maximum atomic E-state index is 11.2. The van der Waals surface area contributed by atoms with Crippen LogP contribution in [-0.2, 0) is 4.74 Å². The van der Waals surface area contributed by atoms with Crippen molar-refractivity contribution in [3.05, 3.63) is 41.9 Å². The molecule has 2 radical (unpaired) electrons. The molecule has 1 aliphatic rings. The van der Waals surface area contributed by atoms with Gasteiger partial charge in [-0.15, -0.1) is 0 Å². The standard InChI is InChI=1S/C17H16BN5O3/c1-25-17-13(6-12(18)8-19-17)14-10-26-5-4-22(14)15-2-3-23-16(21-15)11(9-24)7-20-23/h2-3,6-9,14H,4-5,10H2,1H3. The largest absolute Gasteiger partial charge is 0.481 e. The van der Waals surface area contributed by atoms with Gasteiger partial charge in [0.1, 0.15) is 13.7 Å². The molecule has 0 aliphatic carbocycles. The molecule has 0 N–H and O–H groups in total. The van der Waals surface area contributed by atoms with Crippen LogP contribution in [0.5, 0.6) is 5.88 Å². The Morgan fingerprint density at radius 1 is 1.42 bits per heavy atom. The van der Waals surface area contributed by atoms with Crippen LogP contribution in [0.15, 0.2) is 30.7 Å². The lowest BCUT2D eigenvalue weighted by atomic mass is 9.94. The quantitative estimate of drug-likeness (QED) is 0.496. The van der Waals surface area contributed by atoms with E-state index in [0.29, 0.717) is 42.3 Å². The first-order chi connectivity index (χ1) is 12.7. The van der Waals surface area contributed by atoms with E-state index in [1.807, 2.05) is 12.1 Å². The van der Waals surface area contributed by atoms with Crippen LogP contribution in [0.2, 0.25) is 0 Å². The van der Waals surface area contributed by atoms with Crippen molar-refractivity contribution in [2.75, 3.05) is 31.8 Å². The van der Waals surface area contributed by atoms with Crippen LogP contribution in [0.4, 0.5) is 5.82 Å². The van der Waals surface area contributed by atoms with Crippen molar-refractivity contribution in [1.29, 1.82) is 0 Å². The minimum atomic E-state index is -0.160. The topological polar surface area (TPSA) is 81.9 Å². The maximum Gasteiger partial charge on any atom is 0.218 e. The SMILES string of the molecule is [B]c1cnc(OC)c(C2COCCN2c2ccn3ncc(C=O)c3n2)c1. The average molecular weight is 349 g/mol. The predicted octanol–water partition coefficient (Wildman–Crippen LogP) is 0.317. The van der Waals surface area contributed by atoms with E-state index < -0.39 is 0 Å². The van der Waals surface area contributed by atoms with E-state index in [4.69, 9.17) is 17.3 Å². The lowest BCUT2D eigenvalue weighted by Crippen LogP contribution is -2.40. The van der Waals surface area contributed by atoms with Crippen molar-refractivity contribution >= 4 is 31.1 Å². The van der Waals surface area contributed by atoms with Gasteiger partial charge in [0.25, 0.3) is 0 Å². The number of aromatic nitrogens is 4. The molecule has 3 aromatic rings. The van der Waals surface area contributed by atoms with Gasteiger partial charge >= 0.3 is 0 Å². The lowest BCUT2D eigenvalue weighted by molar-refractivity contribution is 0.0927. The molecule has 0 saturated carbocycles. The van der Waals surface area contributed by atoms with Gasteiger partial charge in [-0.2, -0.15) is 5.10 Å². The predicted molar refractivity (Wildman–Crippen MR) is 95.5 cm³/mol. The Morgan fingerprint density at radius 2 is 2.31 bits per heavy atom. The number of carbonyl (C=O) groups is 1. The molecule has 1 unspecified atom stereocenters. The number of rotatable bonds is 4. The molecule has 0 bridgehead atoms. The van der Waals surface area contributed by atoms with Crippen LogP contribution in [0, 0.1) is 0 Å². The van der Waals surface area contributed by atoms with Crippen LogP contribution in [0.25, 0.3) is 5.65 Å². The molecule has 1 atom stereocenters. The molecule has 4 heterocycles. The molecule has 130 valence electrons. The Balaban J connectivity index is 1.79. The second kappa shape index (κ2) is 6.76. The Morgan fingerprint density at radius 3 is 3.12 bits per heavy atom. The van der Waals surface area contributed by atoms with E-state index in [1.165, 1.54) is 6.20 Å². The summed E-state index contributed by atoms with van der Waals surface area (Å²) in [6.45, 7) is 1.66. The summed E-state index contributed by atoms with van der Waals surface area (Å²) in [5.41, 5.74) is 2.34. The number of ether oxygens (including phenoxy) is 2. The van der Waals surface area contributed by atoms with Crippen molar-refractivity contribution < 1.29 is 14.3 Å². The molecule has 26 heavy (non-hydrogen) atoms. The maximum absolute atomic E-state index is 11.2. The van der Waals surface area contributed by atoms with Gasteiger partial charge in [-0.25, -0.2) is 14.5 Å². The zero-order valence-corrected chi connectivity index (χ0v) is 14.2. The molecule has 8 nitrogen and oxygen atoms in total. The molecule has 3 aromatic heterocycles. The third kappa shape index (κ3) is 2.80. The highest BCUT2D eigenvalue weighted by molar-refractivity contribution is 6.32. The first-order valence-corrected chi connectivity index (χ1v) is 8.14. The fraction of sp³-hybridized carbons (Fsp3) is 0.294. The number of aldehydes is 1. The van der Waals surface area contributed by atoms with E-state index in [-0.39, 0.29) is 6.04 Å². The number of carbonyl (C=O) groups excluding carboxylic acids is 1. The number of hydrogen-bond donors (Lipinski definition) is 0. The molecule has 1 aliphatic heterocycles. The molecule has 4 rings (SSSR count). The monoisotopic (exact) mass is 349 g/mol. The van der Waals surface area contributed by atoms with Gasteiger partial charge in [0.2, 0.25) is 5.88 Å². The number of pyridine rings is 1. The smallest absolute Gasteiger partial charge is 0.218 e. The van der Waals surface area contributed by atoms with E-state index in [0.717, 1.165) is 17.7 Å². The Hall–Kier alpha value is -2.94. The van der Waals surface area contributed by atoms with E-state index >= 15 is 0 Å². The third-order valence-corrected chi connectivity index (χ3v) is 4.38. The Kier molecular flexibility index (Phi) is 4.30. The van der Waals surface area contributed by atoms with Crippen molar-refractivity contribution in [3.63, 3.8) is 0 Å². The fourth-order valence-electron chi connectivity index (χ4n) is 3.15. The van der Waals surface area contributed by atoms with Gasteiger partial charge in [0, 0.05) is 24.5 Å². The molecular weight excluding hydrogens is 333 g/mol. The van der Waals surface area contributed by atoms with E-state index in [1.54, 1.807) is 24.0 Å². The summed E-state index contributed by atoms with van der Waals surface area (Å²) < 4.78 is 12.7. The van der Waals surface area contributed by atoms with Gasteiger partial charge in [-0.3, -0.25) is 4.79 Å². The zero-order chi connectivity index (χ0) is 18.1. The highest BCUT2D eigenvalue weighted by Crippen LogP contribution is 2.32. The second-order valence-electron chi connectivity index (χ2n) is 5.92. The van der Waals surface area contributed by atoms with Gasteiger partial charge in [-0.1, -0.05) is 11.5 Å². The van der Waals surface area contributed by atoms with E-state index in [9.17, 15) is 4.79 Å². The summed E-state index contributed by atoms with van der Waals surface area (Å²) >= 11 is 0. The molecule has 0 amide bonds. The molecule has 9 heteroatoms. The van der Waals surface area contributed by atoms with Gasteiger partial charge in [0.15, 0.2) is 11.9 Å².